The van der Waals surface area contributed by atoms with Crippen molar-refractivity contribution in [2.45, 2.75) is 20.4 Å². The number of nitriles is 1. The molecule has 136 valence electrons. The van der Waals surface area contributed by atoms with Crippen LogP contribution in [-0.4, -0.2) is 33.7 Å². The summed E-state index contributed by atoms with van der Waals surface area (Å²) in [6, 6.07) is 6.02. The Labute approximate surface area is 148 Å². The van der Waals surface area contributed by atoms with Crippen molar-refractivity contribution in [1.29, 1.82) is 5.26 Å². The van der Waals surface area contributed by atoms with Gasteiger partial charge in [-0.2, -0.15) is 10.4 Å². The summed E-state index contributed by atoms with van der Waals surface area (Å²) in [4.78, 5) is 22.4. The molecule has 0 aliphatic heterocycles. The third kappa shape index (κ3) is 4.13. The standard InChI is InChI=1S/C16H17FN6O3/c1-10-16(23(25)26)11(2)22(21-10)9-15(24)20-7-6-19-14-5-3-4-13(17)12(14)8-18/h3-5,19H,6-7,9H2,1-2H3,(H,20,24). The Bertz CT molecular complexity index is 887. The monoisotopic (exact) mass is 360 g/mol. The highest BCUT2D eigenvalue weighted by Crippen LogP contribution is 2.21. The Balaban J connectivity index is 1.87. The van der Waals surface area contributed by atoms with Gasteiger partial charge in [-0.25, -0.2) is 4.39 Å². The molecule has 10 heteroatoms. The van der Waals surface area contributed by atoms with Crippen molar-refractivity contribution >= 4 is 17.3 Å². The van der Waals surface area contributed by atoms with Crippen LogP contribution in [0.3, 0.4) is 0 Å². The lowest BCUT2D eigenvalue weighted by Crippen LogP contribution is -2.32. The van der Waals surface area contributed by atoms with Gasteiger partial charge in [-0.3, -0.25) is 19.6 Å². The van der Waals surface area contributed by atoms with Crippen LogP contribution in [0.15, 0.2) is 18.2 Å². The number of rotatable bonds is 7. The fourth-order valence-corrected chi connectivity index (χ4v) is 2.48. The highest BCUT2D eigenvalue weighted by atomic mass is 19.1. The Morgan fingerprint density at radius 1 is 1.42 bits per heavy atom. The zero-order valence-corrected chi connectivity index (χ0v) is 14.2. The van der Waals surface area contributed by atoms with Crippen LogP contribution in [0.4, 0.5) is 15.8 Å². The van der Waals surface area contributed by atoms with Crippen LogP contribution in [-0.2, 0) is 11.3 Å². The number of aromatic nitrogens is 2. The molecule has 0 unspecified atom stereocenters. The number of amides is 1. The number of aryl methyl sites for hydroxylation is 1. The van der Waals surface area contributed by atoms with E-state index in [-0.39, 0.29) is 42.5 Å². The number of anilines is 1. The summed E-state index contributed by atoms with van der Waals surface area (Å²) in [6.07, 6.45) is 0. The molecular weight excluding hydrogens is 343 g/mol. The molecule has 0 saturated carbocycles. The van der Waals surface area contributed by atoms with E-state index in [9.17, 15) is 19.3 Å². The molecule has 9 nitrogen and oxygen atoms in total. The Kier molecular flexibility index (Phi) is 5.85. The van der Waals surface area contributed by atoms with Crippen molar-refractivity contribution in [3.8, 4) is 6.07 Å². The van der Waals surface area contributed by atoms with Crippen LogP contribution in [0, 0.1) is 41.1 Å². The molecule has 0 spiro atoms. The fourth-order valence-electron chi connectivity index (χ4n) is 2.48. The number of nitrogens with zero attached hydrogens (tertiary/aromatic N) is 4. The van der Waals surface area contributed by atoms with Crippen LogP contribution < -0.4 is 10.6 Å². The van der Waals surface area contributed by atoms with Gasteiger partial charge in [-0.05, 0) is 26.0 Å². The number of hydrogen-bond donors (Lipinski definition) is 2. The second-order valence-electron chi connectivity index (χ2n) is 5.49. The summed E-state index contributed by atoms with van der Waals surface area (Å²) in [5.41, 5.74) is 0.704. The number of carbonyl (C=O) groups is 1. The minimum atomic E-state index is -0.618. The predicted molar refractivity (Wildman–Crippen MR) is 91.0 cm³/mol. The lowest BCUT2D eigenvalue weighted by molar-refractivity contribution is -0.386. The molecule has 0 radical (unpaired) electrons. The van der Waals surface area contributed by atoms with Crippen LogP contribution in [0.5, 0.6) is 0 Å². The average molecular weight is 360 g/mol. The van der Waals surface area contributed by atoms with Gasteiger partial charge < -0.3 is 10.6 Å². The quantitative estimate of drug-likeness (QED) is 0.439. The summed E-state index contributed by atoms with van der Waals surface area (Å²) in [6.45, 7) is 3.39. The van der Waals surface area contributed by atoms with Gasteiger partial charge >= 0.3 is 5.69 Å². The largest absolute Gasteiger partial charge is 0.382 e. The van der Waals surface area contributed by atoms with E-state index in [0.29, 0.717) is 11.4 Å². The number of halogens is 1. The molecule has 0 aliphatic carbocycles. The maximum absolute atomic E-state index is 13.5. The highest BCUT2D eigenvalue weighted by Gasteiger charge is 2.22. The van der Waals surface area contributed by atoms with E-state index in [2.05, 4.69) is 15.7 Å². The van der Waals surface area contributed by atoms with Crippen LogP contribution in [0.2, 0.25) is 0 Å². The summed E-state index contributed by atoms with van der Waals surface area (Å²) < 4.78 is 14.7. The zero-order chi connectivity index (χ0) is 19.3. The summed E-state index contributed by atoms with van der Waals surface area (Å²) in [5.74, 6) is -0.986. The summed E-state index contributed by atoms with van der Waals surface area (Å²) in [7, 11) is 0. The smallest absolute Gasteiger partial charge is 0.312 e. The highest BCUT2D eigenvalue weighted by molar-refractivity contribution is 5.75. The molecule has 1 aromatic heterocycles. The van der Waals surface area contributed by atoms with E-state index in [1.54, 1.807) is 12.1 Å². The van der Waals surface area contributed by atoms with E-state index in [0.717, 1.165) is 0 Å². The minimum absolute atomic E-state index is 0.0891. The molecular formula is C16H17FN6O3. The van der Waals surface area contributed by atoms with Gasteiger partial charge in [0, 0.05) is 13.1 Å². The van der Waals surface area contributed by atoms with E-state index in [1.165, 1.54) is 30.7 Å². The fraction of sp³-hybridized carbons (Fsp3) is 0.312. The summed E-state index contributed by atoms with van der Waals surface area (Å²) >= 11 is 0. The average Bonchev–Trinajstić information content (AvgIpc) is 2.85. The number of hydrogen-bond acceptors (Lipinski definition) is 6. The lowest BCUT2D eigenvalue weighted by atomic mass is 10.2. The topological polar surface area (TPSA) is 126 Å². The minimum Gasteiger partial charge on any atom is -0.382 e. The molecule has 2 aromatic rings. The van der Waals surface area contributed by atoms with Crippen molar-refractivity contribution in [2.75, 3.05) is 18.4 Å². The first-order valence-corrected chi connectivity index (χ1v) is 7.72. The van der Waals surface area contributed by atoms with Gasteiger partial charge in [0.1, 0.15) is 35.4 Å². The van der Waals surface area contributed by atoms with Crippen LogP contribution in [0.1, 0.15) is 17.0 Å². The van der Waals surface area contributed by atoms with Crippen molar-refractivity contribution in [1.82, 2.24) is 15.1 Å². The molecule has 0 saturated heterocycles. The summed E-state index contributed by atoms with van der Waals surface area (Å²) in [5, 5.41) is 29.4. The van der Waals surface area contributed by atoms with E-state index in [4.69, 9.17) is 5.26 Å². The lowest BCUT2D eigenvalue weighted by Gasteiger charge is -2.10. The Morgan fingerprint density at radius 2 is 2.15 bits per heavy atom. The first kappa shape index (κ1) is 18.9. The van der Waals surface area contributed by atoms with Crippen molar-refractivity contribution in [3.05, 3.63) is 51.1 Å². The SMILES string of the molecule is Cc1nn(CC(=O)NCCNc2cccc(F)c2C#N)c(C)c1[N+](=O)[O-]. The zero-order valence-electron chi connectivity index (χ0n) is 14.2. The molecule has 26 heavy (non-hydrogen) atoms. The molecule has 1 amide bonds. The Morgan fingerprint density at radius 3 is 2.77 bits per heavy atom. The number of carbonyl (C=O) groups excluding carboxylic acids is 1. The normalized spacial score (nSPS) is 10.2. The van der Waals surface area contributed by atoms with Crippen molar-refractivity contribution < 1.29 is 14.1 Å². The van der Waals surface area contributed by atoms with E-state index >= 15 is 0 Å². The van der Waals surface area contributed by atoms with E-state index in [1.807, 2.05) is 0 Å². The molecule has 1 aromatic carbocycles. The van der Waals surface area contributed by atoms with Gasteiger partial charge in [-0.1, -0.05) is 6.07 Å². The van der Waals surface area contributed by atoms with Crippen molar-refractivity contribution in [3.63, 3.8) is 0 Å². The predicted octanol–water partition coefficient (Wildman–Crippen LogP) is 1.65. The molecule has 0 aliphatic rings. The van der Waals surface area contributed by atoms with Gasteiger partial charge in [0.2, 0.25) is 5.91 Å². The molecule has 1 heterocycles. The second-order valence-corrected chi connectivity index (χ2v) is 5.49. The molecule has 2 rings (SSSR count). The molecule has 0 bridgehead atoms. The molecule has 0 atom stereocenters. The molecule has 0 fully saturated rings. The van der Waals surface area contributed by atoms with Gasteiger partial charge in [0.05, 0.1) is 10.6 Å². The number of nitro groups is 1. The third-order valence-corrected chi connectivity index (χ3v) is 3.71. The second kappa shape index (κ2) is 8.06. The Hall–Kier alpha value is -3.48. The van der Waals surface area contributed by atoms with Gasteiger partial charge in [-0.15, -0.1) is 0 Å². The van der Waals surface area contributed by atoms with Crippen LogP contribution in [0.25, 0.3) is 0 Å². The third-order valence-electron chi connectivity index (χ3n) is 3.71. The number of nitrogens with one attached hydrogen (secondary N) is 2. The number of benzene rings is 1. The maximum Gasteiger partial charge on any atom is 0.312 e. The maximum atomic E-state index is 13.5. The van der Waals surface area contributed by atoms with Gasteiger partial charge in [0.15, 0.2) is 0 Å². The first-order chi connectivity index (χ1) is 12.3. The first-order valence-electron chi connectivity index (χ1n) is 7.72. The van der Waals surface area contributed by atoms with Crippen LogP contribution >= 0.6 is 0 Å². The van der Waals surface area contributed by atoms with Crippen molar-refractivity contribution in [2.24, 2.45) is 0 Å². The van der Waals surface area contributed by atoms with Gasteiger partial charge in [0.25, 0.3) is 0 Å². The molecule has 2 N–H and O–H groups in total. The van der Waals surface area contributed by atoms with E-state index < -0.39 is 10.7 Å².